The normalized spacial score (nSPS) is 10.6. The van der Waals surface area contributed by atoms with Crippen molar-refractivity contribution in [1.29, 1.82) is 0 Å². The summed E-state index contributed by atoms with van der Waals surface area (Å²) < 4.78 is 0. The molecule has 0 aliphatic rings. The van der Waals surface area contributed by atoms with Gasteiger partial charge in [0.25, 0.3) is 0 Å². The van der Waals surface area contributed by atoms with Crippen LogP contribution in [0.3, 0.4) is 0 Å². The van der Waals surface area contributed by atoms with Gasteiger partial charge in [0, 0.05) is 43.9 Å². The molecule has 0 spiro atoms. The fraction of sp³-hybridized carbons (Fsp3) is 0.263. The minimum Gasteiger partial charge on any atom is -0.369 e. The lowest BCUT2D eigenvalue weighted by atomic mass is 10.1. The zero-order valence-corrected chi connectivity index (χ0v) is 15.8. The summed E-state index contributed by atoms with van der Waals surface area (Å²) >= 11 is 1.57. The van der Waals surface area contributed by atoms with Crippen LogP contribution in [0, 0.1) is 0 Å². The highest BCUT2D eigenvalue weighted by Crippen LogP contribution is 2.36. The summed E-state index contributed by atoms with van der Waals surface area (Å²) in [6.07, 6.45) is 1.85. The molecule has 0 saturated heterocycles. The molecule has 27 heavy (non-hydrogen) atoms. The lowest BCUT2D eigenvalue weighted by Gasteiger charge is -2.09. The molecule has 140 valence electrons. The zero-order valence-electron chi connectivity index (χ0n) is 15.0. The van der Waals surface area contributed by atoms with Gasteiger partial charge in [-0.2, -0.15) is 0 Å². The van der Waals surface area contributed by atoms with Crippen molar-refractivity contribution in [1.82, 2.24) is 20.6 Å². The van der Waals surface area contributed by atoms with E-state index in [1.54, 1.807) is 11.3 Å². The lowest BCUT2D eigenvalue weighted by molar-refractivity contribution is -0.121. The Morgan fingerprint density at radius 3 is 2.59 bits per heavy atom. The number of rotatable bonds is 8. The summed E-state index contributed by atoms with van der Waals surface area (Å²) in [4.78, 5) is 32.3. The third kappa shape index (κ3) is 5.01. The number of hydrogen-bond acceptors (Lipinski definition) is 6. The van der Waals surface area contributed by atoms with Gasteiger partial charge in [-0.05, 0) is 5.56 Å². The maximum atomic E-state index is 11.9. The Kier molecular flexibility index (Phi) is 6.32. The molecule has 2 heterocycles. The molecular formula is C19H21N5O2S. The van der Waals surface area contributed by atoms with Gasteiger partial charge in [0.1, 0.15) is 17.0 Å². The van der Waals surface area contributed by atoms with Crippen LogP contribution in [0.2, 0.25) is 0 Å². The molecule has 3 rings (SSSR count). The second-order valence-electron chi connectivity index (χ2n) is 5.93. The van der Waals surface area contributed by atoms with Gasteiger partial charge >= 0.3 is 0 Å². The SMILES string of the molecule is CC(=O)NCCNC(=O)CCNc1ncnc2scc(-c3ccccc3)c12. The van der Waals surface area contributed by atoms with E-state index in [0.29, 0.717) is 26.1 Å². The highest BCUT2D eigenvalue weighted by atomic mass is 32.1. The first-order valence-corrected chi connectivity index (χ1v) is 9.55. The van der Waals surface area contributed by atoms with Gasteiger partial charge in [-0.1, -0.05) is 30.3 Å². The van der Waals surface area contributed by atoms with E-state index < -0.39 is 0 Å². The largest absolute Gasteiger partial charge is 0.369 e. The topological polar surface area (TPSA) is 96.0 Å². The van der Waals surface area contributed by atoms with Crippen LogP contribution in [0.4, 0.5) is 5.82 Å². The van der Waals surface area contributed by atoms with E-state index in [2.05, 4.69) is 43.4 Å². The average Bonchev–Trinajstić information content (AvgIpc) is 3.11. The van der Waals surface area contributed by atoms with E-state index in [1.807, 2.05) is 18.2 Å². The molecule has 0 unspecified atom stereocenters. The van der Waals surface area contributed by atoms with Gasteiger partial charge in [-0.3, -0.25) is 9.59 Å². The summed E-state index contributed by atoms with van der Waals surface area (Å²) in [5, 5.41) is 11.7. The van der Waals surface area contributed by atoms with Crippen LogP contribution in [0.1, 0.15) is 13.3 Å². The third-order valence-corrected chi connectivity index (χ3v) is 4.81. The molecule has 0 fully saturated rings. The number of aromatic nitrogens is 2. The van der Waals surface area contributed by atoms with Crippen molar-refractivity contribution in [2.75, 3.05) is 25.0 Å². The van der Waals surface area contributed by atoms with Gasteiger partial charge in [-0.15, -0.1) is 11.3 Å². The number of anilines is 1. The Bertz CT molecular complexity index is 926. The second-order valence-corrected chi connectivity index (χ2v) is 6.79. The number of hydrogen-bond donors (Lipinski definition) is 3. The molecule has 3 N–H and O–H groups in total. The first-order chi connectivity index (χ1) is 13.1. The number of carbonyl (C=O) groups excluding carboxylic acids is 2. The summed E-state index contributed by atoms with van der Waals surface area (Å²) in [5.74, 6) is 0.543. The summed E-state index contributed by atoms with van der Waals surface area (Å²) in [6, 6.07) is 10.1. The predicted octanol–water partition coefficient (Wildman–Crippen LogP) is 2.41. The summed E-state index contributed by atoms with van der Waals surface area (Å²) in [5.41, 5.74) is 2.19. The molecule has 2 amide bonds. The maximum Gasteiger partial charge on any atom is 0.221 e. The number of nitrogens with one attached hydrogen (secondary N) is 3. The van der Waals surface area contributed by atoms with Crippen molar-refractivity contribution in [2.24, 2.45) is 0 Å². The third-order valence-electron chi connectivity index (χ3n) is 3.92. The molecule has 3 aromatic rings. The second kappa shape index (κ2) is 9.09. The van der Waals surface area contributed by atoms with E-state index >= 15 is 0 Å². The molecule has 0 radical (unpaired) electrons. The molecule has 0 atom stereocenters. The highest BCUT2D eigenvalue weighted by molar-refractivity contribution is 7.17. The van der Waals surface area contributed by atoms with E-state index in [0.717, 1.165) is 27.2 Å². The van der Waals surface area contributed by atoms with E-state index in [4.69, 9.17) is 0 Å². The number of nitrogens with zero attached hydrogens (tertiary/aromatic N) is 2. The standard InChI is InChI=1S/C19H21N5O2S/c1-13(25)20-9-10-21-16(26)7-8-22-18-17-15(14-5-3-2-4-6-14)11-27-19(17)24-12-23-18/h2-6,11-12H,7-10H2,1H3,(H,20,25)(H,21,26)(H,22,23,24). The summed E-state index contributed by atoms with van der Waals surface area (Å²) in [6.45, 7) is 2.75. The van der Waals surface area contributed by atoms with Crippen molar-refractivity contribution in [2.45, 2.75) is 13.3 Å². The quantitative estimate of drug-likeness (QED) is 0.519. The van der Waals surface area contributed by atoms with Gasteiger partial charge in [0.05, 0.1) is 5.39 Å². The Labute approximate surface area is 161 Å². The van der Waals surface area contributed by atoms with Crippen molar-refractivity contribution in [3.05, 3.63) is 42.0 Å². The van der Waals surface area contributed by atoms with Crippen molar-refractivity contribution >= 4 is 39.2 Å². The molecule has 0 bridgehead atoms. The average molecular weight is 383 g/mol. The van der Waals surface area contributed by atoms with Gasteiger partial charge in [0.2, 0.25) is 11.8 Å². The Morgan fingerprint density at radius 1 is 1.04 bits per heavy atom. The molecule has 0 aliphatic carbocycles. The smallest absolute Gasteiger partial charge is 0.221 e. The number of fused-ring (bicyclic) bond motifs is 1. The van der Waals surface area contributed by atoms with E-state index in [9.17, 15) is 9.59 Å². The Balaban J connectivity index is 1.61. The molecule has 2 aromatic heterocycles. The molecule has 1 aromatic carbocycles. The molecule has 8 heteroatoms. The number of benzene rings is 1. The highest BCUT2D eigenvalue weighted by Gasteiger charge is 2.13. The Morgan fingerprint density at radius 2 is 1.81 bits per heavy atom. The first kappa shape index (κ1) is 18.8. The molecule has 7 nitrogen and oxygen atoms in total. The first-order valence-electron chi connectivity index (χ1n) is 8.68. The monoisotopic (exact) mass is 383 g/mol. The van der Waals surface area contributed by atoms with Gasteiger partial charge < -0.3 is 16.0 Å². The minimum absolute atomic E-state index is 0.0771. The fourth-order valence-corrected chi connectivity index (χ4v) is 3.58. The molecular weight excluding hydrogens is 362 g/mol. The number of carbonyl (C=O) groups is 2. The zero-order chi connectivity index (χ0) is 19.1. The van der Waals surface area contributed by atoms with Gasteiger partial charge in [-0.25, -0.2) is 9.97 Å². The minimum atomic E-state index is -0.108. The van der Waals surface area contributed by atoms with Gasteiger partial charge in [0.15, 0.2) is 0 Å². The van der Waals surface area contributed by atoms with Crippen molar-refractivity contribution in [3.63, 3.8) is 0 Å². The van der Waals surface area contributed by atoms with E-state index in [1.165, 1.54) is 13.3 Å². The number of thiophene rings is 1. The number of amides is 2. The van der Waals surface area contributed by atoms with Crippen molar-refractivity contribution in [3.8, 4) is 11.1 Å². The van der Waals surface area contributed by atoms with Crippen LogP contribution < -0.4 is 16.0 Å². The molecule has 0 saturated carbocycles. The predicted molar refractivity (Wildman–Crippen MR) is 108 cm³/mol. The van der Waals surface area contributed by atoms with Crippen LogP contribution in [-0.4, -0.2) is 41.4 Å². The fourth-order valence-electron chi connectivity index (χ4n) is 2.66. The van der Waals surface area contributed by atoms with Crippen LogP contribution >= 0.6 is 11.3 Å². The van der Waals surface area contributed by atoms with Crippen LogP contribution in [0.5, 0.6) is 0 Å². The summed E-state index contributed by atoms with van der Waals surface area (Å²) in [7, 11) is 0. The van der Waals surface area contributed by atoms with Crippen LogP contribution in [0.25, 0.3) is 21.3 Å². The maximum absolute atomic E-state index is 11.9. The van der Waals surface area contributed by atoms with Crippen LogP contribution in [-0.2, 0) is 9.59 Å². The van der Waals surface area contributed by atoms with Crippen molar-refractivity contribution < 1.29 is 9.59 Å². The van der Waals surface area contributed by atoms with Crippen LogP contribution in [0.15, 0.2) is 42.0 Å². The lowest BCUT2D eigenvalue weighted by Crippen LogP contribution is -2.34. The van der Waals surface area contributed by atoms with E-state index in [-0.39, 0.29) is 11.8 Å². The molecule has 0 aliphatic heterocycles. The Hall–Kier alpha value is -3.00.